The Morgan fingerprint density at radius 3 is 2.16 bits per heavy atom. The third kappa shape index (κ3) is 14.4. The number of benzene rings is 3. The predicted molar refractivity (Wildman–Crippen MR) is 283 cm³/mol. The molecule has 1 unspecified atom stereocenters. The molecule has 2 amide bonds. The van der Waals surface area contributed by atoms with E-state index in [9.17, 15) is 53.3 Å². The Hall–Kier alpha value is -5.89. The number of hydroxylamine groups is 2. The third-order valence-corrected chi connectivity index (χ3v) is 16.0. The number of hydrogen-bond donors (Lipinski definition) is 3. The topological polar surface area (TPSA) is 270 Å². The summed E-state index contributed by atoms with van der Waals surface area (Å²) in [4.78, 5) is 44.3. The number of amides is 2. The van der Waals surface area contributed by atoms with E-state index in [2.05, 4.69) is 11.0 Å². The molecule has 0 radical (unpaired) electrons. The predicted octanol–water partition coefficient (Wildman–Crippen LogP) is 6.75. The number of hydrogen-bond acceptors (Lipinski definition) is 15. The fourth-order valence-electron chi connectivity index (χ4n) is 9.90. The van der Waals surface area contributed by atoms with Crippen molar-refractivity contribution in [3.8, 4) is 5.75 Å². The Bertz CT molecular complexity index is 3200. The van der Waals surface area contributed by atoms with Crippen LogP contribution >= 0.6 is 0 Å². The lowest BCUT2D eigenvalue weighted by Crippen LogP contribution is -2.46. The average Bonchev–Trinajstić information content (AvgIpc) is 3.83. The second-order valence-electron chi connectivity index (χ2n) is 19.5. The summed E-state index contributed by atoms with van der Waals surface area (Å²) in [7, 11) is -11.8. The van der Waals surface area contributed by atoms with Crippen LogP contribution in [0.25, 0.3) is 16.9 Å². The van der Waals surface area contributed by atoms with E-state index in [0.29, 0.717) is 84.1 Å². The monoisotopic (exact) mass is 1110 g/mol. The minimum Gasteiger partial charge on any atom is -0.456 e. The molecule has 1 fully saturated rings. The third-order valence-electron chi connectivity index (χ3n) is 13.5. The highest BCUT2D eigenvalue weighted by Crippen LogP contribution is 2.48. The minimum absolute atomic E-state index is 0.0304. The van der Waals surface area contributed by atoms with Crippen LogP contribution in [-0.4, -0.2) is 142 Å². The van der Waals surface area contributed by atoms with Crippen LogP contribution in [0.5, 0.6) is 5.75 Å². The quantitative estimate of drug-likeness (QED) is 0.0325. The van der Waals surface area contributed by atoms with Crippen molar-refractivity contribution in [2.24, 2.45) is 0 Å². The van der Waals surface area contributed by atoms with Gasteiger partial charge < -0.3 is 28.7 Å². The molecule has 4 aliphatic rings. The van der Waals surface area contributed by atoms with Gasteiger partial charge in [-0.05, 0) is 81.9 Å². The first-order valence-corrected chi connectivity index (χ1v) is 29.4. The number of ether oxygens (including phenoxy) is 4. The molecule has 410 valence electrons. The van der Waals surface area contributed by atoms with E-state index in [1.54, 1.807) is 23.8 Å². The van der Waals surface area contributed by atoms with E-state index in [1.807, 2.05) is 75.4 Å². The molecule has 20 nitrogen and oxygen atoms in total. The fourth-order valence-corrected chi connectivity index (χ4v) is 11.4. The van der Waals surface area contributed by atoms with E-state index in [0.717, 1.165) is 22.4 Å². The SMILES string of the molecule is COCCOCCOCCC1=CC(C)(C)N(CCCS(=O)(=O)O)c2cc3c(cc21)C(=CC=CC1=[N+](CCCS(=O)(=O)O)c2ccc(S(=O)(=O)O)cc2C1(C)CCCC(=O)ON1C(=O)CCC1=O)C=C(c1ccccc1)O3. The van der Waals surface area contributed by atoms with Gasteiger partial charge in [0.1, 0.15) is 18.1 Å². The molecule has 0 saturated carbocycles. The molecule has 0 spiro atoms. The van der Waals surface area contributed by atoms with Crippen LogP contribution in [-0.2, 0) is 69.2 Å². The molecule has 4 aliphatic heterocycles. The van der Waals surface area contributed by atoms with E-state index in [4.69, 9.17) is 23.8 Å². The number of rotatable bonds is 26. The lowest BCUT2D eigenvalue weighted by atomic mass is 9.75. The van der Waals surface area contributed by atoms with E-state index in [-0.39, 0.29) is 58.0 Å². The summed E-state index contributed by atoms with van der Waals surface area (Å²) in [5.41, 5.74) is 4.42. The second-order valence-corrected chi connectivity index (χ2v) is 24.0. The largest absolute Gasteiger partial charge is 0.456 e. The molecule has 23 heteroatoms. The zero-order valence-electron chi connectivity index (χ0n) is 42.8. The molecule has 1 atom stereocenters. The number of fused-ring (bicyclic) bond motifs is 3. The van der Waals surface area contributed by atoms with Crippen molar-refractivity contribution in [1.29, 1.82) is 0 Å². The molecule has 3 aromatic rings. The number of carbonyl (C=O) groups is 3. The Morgan fingerprint density at radius 1 is 0.816 bits per heavy atom. The van der Waals surface area contributed by atoms with Crippen LogP contribution in [0.15, 0.2) is 95.9 Å². The Kier molecular flexibility index (Phi) is 18.4. The number of anilines is 1. The highest BCUT2D eigenvalue weighted by Gasteiger charge is 2.48. The fraction of sp³-hybridized carbons (Fsp3) is 0.434. The van der Waals surface area contributed by atoms with Gasteiger partial charge >= 0.3 is 5.97 Å². The molecule has 3 aromatic carbocycles. The lowest BCUT2D eigenvalue weighted by molar-refractivity contribution is -0.437. The van der Waals surface area contributed by atoms with Gasteiger partial charge in [-0.3, -0.25) is 23.2 Å². The highest BCUT2D eigenvalue weighted by atomic mass is 32.2. The molecule has 3 N–H and O–H groups in total. The molecule has 7 rings (SSSR count). The molecular weight excluding hydrogens is 1050 g/mol. The Balaban J connectivity index is 1.32. The summed E-state index contributed by atoms with van der Waals surface area (Å²) >= 11 is 0. The number of methoxy groups -OCH3 is 1. The van der Waals surface area contributed by atoms with Crippen LogP contribution in [0, 0.1) is 0 Å². The Morgan fingerprint density at radius 2 is 1.49 bits per heavy atom. The van der Waals surface area contributed by atoms with E-state index >= 15 is 0 Å². The standard InChI is InChI=1S/C53H63N3O17S3/c1-52(2)36-39(21-25-70-28-29-71-27-26-69-4)41-34-42-38(32-46(37-12-6-5-7-13-37)72-47(42)35-45(41)55(52)24-11-31-75(63,64)65)14-8-15-48-53(3,22-9-16-51(59)73-56-49(57)19-20-50(56)58)43-33-40(76(66,67)68)17-18-44(43)54(48)23-10-30-74(60,61)62/h5-8,12-15,17-18,32-36H,9-11,16,19-31H2,1-4H3,(H2-,60,61,62,63,64,65,66,67,68)/p+1. The van der Waals surface area contributed by atoms with Gasteiger partial charge in [0.2, 0.25) is 5.69 Å². The number of carbonyl (C=O) groups excluding carboxylic acids is 3. The number of allylic oxidation sites excluding steroid dienone is 5. The van der Waals surface area contributed by atoms with Gasteiger partial charge in [0.05, 0.1) is 60.4 Å². The average molecular weight is 1110 g/mol. The first-order valence-electron chi connectivity index (χ1n) is 24.8. The zero-order valence-corrected chi connectivity index (χ0v) is 45.3. The lowest BCUT2D eigenvalue weighted by Gasteiger charge is -2.44. The minimum atomic E-state index is -4.72. The smallest absolute Gasteiger partial charge is 0.333 e. The second kappa shape index (κ2) is 24.2. The normalized spacial score (nSPS) is 19.0. The van der Waals surface area contributed by atoms with Crippen molar-refractivity contribution in [2.75, 3.05) is 69.6 Å². The molecule has 0 aliphatic carbocycles. The summed E-state index contributed by atoms with van der Waals surface area (Å²) in [6.07, 6.45) is 9.85. The zero-order chi connectivity index (χ0) is 55.1. The van der Waals surface area contributed by atoms with Crippen LogP contribution in [0.4, 0.5) is 11.4 Å². The summed E-state index contributed by atoms with van der Waals surface area (Å²) in [6.45, 7) is 8.16. The Labute approximate surface area is 443 Å². The molecule has 76 heavy (non-hydrogen) atoms. The van der Waals surface area contributed by atoms with Crippen molar-refractivity contribution in [3.63, 3.8) is 0 Å². The van der Waals surface area contributed by atoms with E-state index in [1.165, 1.54) is 18.2 Å². The van der Waals surface area contributed by atoms with Gasteiger partial charge in [-0.2, -0.15) is 29.8 Å². The van der Waals surface area contributed by atoms with Gasteiger partial charge in [0, 0.05) is 85.5 Å². The number of nitrogens with zero attached hydrogens (tertiary/aromatic N) is 3. The van der Waals surface area contributed by atoms with Crippen molar-refractivity contribution in [1.82, 2.24) is 5.06 Å². The molecule has 0 aromatic heterocycles. The van der Waals surface area contributed by atoms with Crippen molar-refractivity contribution in [3.05, 3.63) is 113 Å². The van der Waals surface area contributed by atoms with Crippen LogP contribution in [0.1, 0.15) is 94.4 Å². The molecule has 1 saturated heterocycles. The molecular formula is C53H64N3O17S3+. The maximum atomic E-state index is 13.1. The first kappa shape index (κ1) is 57.8. The summed E-state index contributed by atoms with van der Waals surface area (Å²) in [6, 6.07) is 17.4. The van der Waals surface area contributed by atoms with Crippen LogP contribution in [0.2, 0.25) is 0 Å². The summed E-state index contributed by atoms with van der Waals surface area (Å²) in [5.74, 6) is -2.15. The van der Waals surface area contributed by atoms with E-state index < -0.39 is 75.5 Å². The van der Waals surface area contributed by atoms with Crippen molar-refractivity contribution < 1.29 is 81.7 Å². The highest BCUT2D eigenvalue weighted by molar-refractivity contribution is 7.86. The van der Waals surface area contributed by atoms with Gasteiger partial charge in [0.25, 0.3) is 42.2 Å². The molecule has 0 bridgehead atoms. The maximum absolute atomic E-state index is 13.1. The number of imide groups is 1. The maximum Gasteiger partial charge on any atom is 0.333 e. The van der Waals surface area contributed by atoms with Gasteiger partial charge in [-0.25, -0.2) is 4.79 Å². The summed E-state index contributed by atoms with van der Waals surface area (Å²) in [5, 5.41) is 0.458. The van der Waals surface area contributed by atoms with Crippen LogP contribution < -0.4 is 9.64 Å². The molecule has 4 heterocycles. The van der Waals surface area contributed by atoms with Crippen molar-refractivity contribution in [2.45, 2.75) is 88.0 Å². The van der Waals surface area contributed by atoms with Crippen LogP contribution in [0.3, 0.4) is 0 Å². The first-order chi connectivity index (χ1) is 35.9. The van der Waals surface area contributed by atoms with Crippen molar-refractivity contribution >= 4 is 82.1 Å². The van der Waals surface area contributed by atoms with Gasteiger partial charge in [0.15, 0.2) is 5.71 Å². The summed E-state index contributed by atoms with van der Waals surface area (Å²) < 4.78 is 128. The van der Waals surface area contributed by atoms with Gasteiger partial charge in [-0.1, -0.05) is 48.6 Å². The van der Waals surface area contributed by atoms with Gasteiger partial charge in [-0.15, -0.1) is 5.06 Å².